The van der Waals surface area contributed by atoms with E-state index in [1.165, 1.54) is 0 Å². The molecule has 0 unspecified atom stereocenters. The van der Waals surface area contributed by atoms with Crippen molar-refractivity contribution in [3.05, 3.63) is 556 Å². The molecule has 0 aliphatic carbocycles. The summed E-state index contributed by atoms with van der Waals surface area (Å²) in [5.74, 6) is 0. The van der Waals surface area contributed by atoms with Crippen LogP contribution in [0.1, 0.15) is 126 Å². The van der Waals surface area contributed by atoms with Crippen molar-refractivity contribution in [2.24, 2.45) is 0 Å². The van der Waals surface area contributed by atoms with Gasteiger partial charge in [0.05, 0.1) is 126 Å². The van der Waals surface area contributed by atoms with Gasteiger partial charge in [-0.15, -0.1) is 0 Å². The van der Waals surface area contributed by atoms with Crippen molar-refractivity contribution in [3.8, 4) is 134 Å². The lowest BCUT2D eigenvalue weighted by molar-refractivity contribution is 1.62. The van der Waals surface area contributed by atoms with Gasteiger partial charge in [0.15, 0.2) is 0 Å². The van der Waals surface area contributed by atoms with Gasteiger partial charge in [-0.05, 0) is 328 Å². The topological polar surface area (TPSA) is 0 Å². The summed E-state index contributed by atoms with van der Waals surface area (Å²) in [6, 6.07) is -91.8. The number of rotatable bonds is 12. The lowest BCUT2D eigenvalue weighted by Crippen LogP contribution is -1.92. The Labute approximate surface area is 954 Å². The number of hydrogen-bond acceptors (Lipinski definition) is 0. The third-order valence-corrected chi connectivity index (χ3v) is 22.2. The molecule has 0 aliphatic heterocycles. The van der Waals surface area contributed by atoms with E-state index in [1.807, 2.05) is 0 Å². The van der Waals surface area contributed by atoms with E-state index < -0.39 is 829 Å². The first-order valence-electron chi connectivity index (χ1n) is 87.8. The van der Waals surface area contributed by atoms with Gasteiger partial charge in [-0.2, -0.15) is 0 Å². The summed E-state index contributed by atoms with van der Waals surface area (Å²) < 4.78 is 829. The molecule has 660 valence electrons. The summed E-state index contributed by atoms with van der Waals surface area (Å²) in [6.45, 7) is 0. The van der Waals surface area contributed by atoms with Crippen LogP contribution >= 0.6 is 0 Å². The maximum atomic E-state index is 10.3. The zero-order chi connectivity index (χ0) is 174. The number of hydrogen-bond donors (Lipinski definition) is 0. The second-order valence-corrected chi connectivity index (χ2v) is 30.2. The first kappa shape index (κ1) is 32.1. The maximum absolute atomic E-state index is 10.3. The second-order valence-electron chi connectivity index (χ2n) is 30.2. The van der Waals surface area contributed by atoms with Crippen molar-refractivity contribution in [1.29, 1.82) is 0 Å². The Morgan fingerprint density at radius 2 is 0.261 bits per heavy atom. The largest absolute Gasteiger partial charge is 0.0636 e. The maximum Gasteiger partial charge on any atom is 0.0636 e. The Kier molecular flexibility index (Phi) is 8.18. The predicted octanol–water partition coefficient (Wildman–Crippen LogP) is 40.1. The molecule has 142 heavy (non-hydrogen) atoms. The fraction of sp³-hybridized carbons (Fsp3) is 0. The molecule has 0 aromatic heterocycles. The van der Waals surface area contributed by atoms with Gasteiger partial charge in [-0.1, -0.05) is 502 Å². The minimum absolute atomic E-state index is 0.567. The van der Waals surface area contributed by atoms with E-state index in [2.05, 4.69) is 0 Å². The van der Waals surface area contributed by atoms with E-state index in [-0.39, 0.29) is 0 Å². The van der Waals surface area contributed by atoms with Crippen molar-refractivity contribution in [2.45, 2.75) is 0 Å². The minimum atomic E-state index is -1.20. The molecule has 0 saturated heterocycles. The van der Waals surface area contributed by atoms with E-state index >= 15 is 0 Å². The highest BCUT2D eigenvalue weighted by atomic mass is 14.3. The monoisotopic (exact) mass is 1890 g/mol. The Hall–Kier alpha value is -18.5. The molecular formula is C142H92. The summed E-state index contributed by atoms with van der Waals surface area (Å²) in [5.41, 5.74) is -21.2. The van der Waals surface area contributed by atoms with Crippen molar-refractivity contribution >= 4 is 140 Å². The first-order valence-corrected chi connectivity index (χ1v) is 41.8. The SMILES string of the molecule is [2H]c1c([2H])c(-c2c3c([2H])c([2H])c([2H])c([2H])c3c(-c3c([2H])c([2H])c4c([2H])c([2H])c([2H])c([2H])c4c3[2H])c3c([2H])c(-c4c([2H])c([2H])c([2H])c5c([2H])c([2H])c([2H])c([2H])c45)c([2H])c([2H])c23)c([2H])c([2H])c1-c1c([2H])c([2H])c2c([2H])c([2H])c([2H])c([2H])c2c1[2H].[2H]c1c([2H])c([2H])c(-c2c([2H])c([2H])c3c(-c4c([2H])c([2H])c(-c5c([2H])c([2H])c6c([2H])c([2H])c([2H])c([2H])c6c5[2H])c([2H])c4[2H])c4c([2H])c([2H])c([2H])c([2H])c4c(-c4c([2H])c([2H])c5c([2H])c([2H])c([2H])c([2H])c5c4[2H])c3c2[2H])c([2H])c1[2H].[2H]c1c([2H])c([2H])c(-c2c([2H])c([2H])c3c(-c4c([2H])c([2H])c5c([2H])c([2H])c([2H])c([2H])c5c4[2H])c4c([2H])c([2H])c([2H])c([2H])c4c(-c4c([2H])c([2H])c(-c5c([2H])c([2H])c6c([2H])c([2H])c([2H])c([2H])c6c5[2H])c([2H])c4[2H])c3c2[2H])c([2H])c1[2H]. The van der Waals surface area contributed by atoms with Gasteiger partial charge in [0.25, 0.3) is 0 Å². The van der Waals surface area contributed by atoms with Crippen LogP contribution in [0.4, 0.5) is 0 Å². The number of benzene rings is 28. The van der Waals surface area contributed by atoms with Gasteiger partial charge >= 0.3 is 0 Å². The van der Waals surface area contributed by atoms with Gasteiger partial charge in [0, 0.05) is 0 Å². The highest BCUT2D eigenvalue weighted by Gasteiger charge is 2.24. The van der Waals surface area contributed by atoms with Gasteiger partial charge in [0.1, 0.15) is 0 Å². The highest BCUT2D eigenvalue weighted by molar-refractivity contribution is 6.26. The molecule has 0 fully saturated rings. The molecule has 0 radical (unpaired) electrons. The van der Waals surface area contributed by atoms with Crippen molar-refractivity contribution in [2.75, 3.05) is 0 Å². The molecule has 0 nitrogen and oxygen atoms in total. The Bertz CT molecular complexity index is 15800. The zero-order valence-corrected chi connectivity index (χ0v) is 71.0. The van der Waals surface area contributed by atoms with Crippen molar-refractivity contribution < 1.29 is 126 Å². The predicted molar refractivity (Wildman–Crippen MR) is 612 cm³/mol. The Morgan fingerprint density at radius 1 is 0.0845 bits per heavy atom. The van der Waals surface area contributed by atoms with Crippen LogP contribution in [-0.4, -0.2) is 0 Å². The minimum Gasteiger partial charge on any atom is -0.0622 e. The molecule has 0 atom stereocenters. The van der Waals surface area contributed by atoms with Crippen LogP contribution in [0.15, 0.2) is 556 Å². The van der Waals surface area contributed by atoms with Crippen LogP contribution in [0.5, 0.6) is 0 Å². The third-order valence-electron chi connectivity index (χ3n) is 22.2. The van der Waals surface area contributed by atoms with Crippen molar-refractivity contribution in [3.63, 3.8) is 0 Å². The number of fused-ring (bicyclic) bond motifs is 13. The van der Waals surface area contributed by atoms with Gasteiger partial charge < -0.3 is 0 Å². The molecule has 0 amide bonds. The second kappa shape index (κ2) is 36.2. The van der Waals surface area contributed by atoms with Crippen LogP contribution < -0.4 is 0 Å². The lowest BCUT2D eigenvalue weighted by Gasteiger charge is -2.19. The first-order chi connectivity index (χ1) is 109. The molecule has 28 rings (SSSR count). The summed E-state index contributed by atoms with van der Waals surface area (Å²) in [7, 11) is 0. The normalized spacial score (nSPS) is 20.6. The quantitative estimate of drug-likeness (QED) is 0.107. The van der Waals surface area contributed by atoms with Crippen LogP contribution in [0, 0.1) is 0 Å². The Morgan fingerprint density at radius 3 is 0.570 bits per heavy atom. The summed E-state index contributed by atoms with van der Waals surface area (Å²) >= 11 is 0. The molecule has 0 heterocycles. The van der Waals surface area contributed by atoms with E-state index in [0.29, 0.717) is 0 Å². The van der Waals surface area contributed by atoms with Gasteiger partial charge in [-0.25, -0.2) is 0 Å². The lowest BCUT2D eigenvalue weighted by atomic mass is 9.84. The van der Waals surface area contributed by atoms with Crippen molar-refractivity contribution in [1.82, 2.24) is 0 Å². The summed E-state index contributed by atoms with van der Waals surface area (Å²) in [5, 5.41) is -19.5. The molecule has 0 heteroatoms. The zero-order valence-electron chi connectivity index (χ0n) is 163. The van der Waals surface area contributed by atoms with Gasteiger partial charge in [0.2, 0.25) is 0 Å². The van der Waals surface area contributed by atoms with E-state index in [0.717, 1.165) is 0 Å². The third kappa shape index (κ3) is 15.6. The Balaban J connectivity index is 0.000000159. The van der Waals surface area contributed by atoms with Crippen LogP contribution in [0.2, 0.25) is 0 Å². The summed E-state index contributed by atoms with van der Waals surface area (Å²) in [6.07, 6.45) is 0. The summed E-state index contributed by atoms with van der Waals surface area (Å²) in [4.78, 5) is 0. The van der Waals surface area contributed by atoms with Crippen LogP contribution in [0.25, 0.3) is 274 Å². The average molecular weight is 1890 g/mol. The van der Waals surface area contributed by atoms with Gasteiger partial charge in [-0.3, -0.25) is 0 Å². The molecule has 0 saturated carbocycles. The molecular weight excluding hydrogens is 1710 g/mol. The van der Waals surface area contributed by atoms with E-state index in [1.54, 1.807) is 0 Å². The van der Waals surface area contributed by atoms with E-state index in [9.17, 15) is 49.3 Å². The molecule has 0 spiro atoms. The molecule has 28 aromatic carbocycles. The molecule has 0 bridgehead atoms. The van der Waals surface area contributed by atoms with Crippen LogP contribution in [0.3, 0.4) is 0 Å². The standard InChI is InChI=1S/C50H32.2C46H30/c1-3-13-38-30-40(26-22-33(38)10-1)35-20-24-37(25-21-35)49-45-17-7-8-18-46(45)50(42-27-23-34-11-2-4-14-39(34)31-42)48-32-41(28-29-47(48)49)44-19-9-15-36-12-5-6-16-43(36)44;1-2-10-31(11-3-1)39-26-27-43-44(30-39)45(35-22-18-34(19-23-35)38-24-20-32-12-4-6-14-36(32)28-38)41-16-8-9-17-42(41)46(43)40-25-21-33-13-5-7-15-37(33)29-40;1-2-10-31(11-3-1)39-26-27-43-44(30-39)46(40-25-21-33-13-5-7-15-37(33)29-40)42-17-9-8-16-41(42)45(43)35-22-18-34(19-23-35)38-24-20-32-12-4-6-14-36(32)28-38/h1-32H;2*1-30H/i1D,2D,3D,4D,5D,6D,7D,8D,9D,10D,11D,12D,13D,14D,15D,16D,17D,18D,19D,20D,21D,22D,23D,24D,25D,26D,27D,28D,29D,30D,31D,32D;2*1D,2D,3D,4D,5D,6D,7D,8D,9D,10D,11D,12D,13D,14D,15D,16D,17D,18D,19D,20D,21D,22D,23D,24D,25D,26D,27D,28D,29D,30D. The highest BCUT2D eigenvalue weighted by Crippen LogP contribution is 2.51. The van der Waals surface area contributed by atoms with Crippen LogP contribution in [-0.2, 0) is 0 Å². The van der Waals surface area contributed by atoms with E-state index in [4.69, 9.17) is 76.8 Å². The average Bonchev–Trinajstić information content (AvgIpc) is 0.630. The smallest absolute Gasteiger partial charge is 0.0622 e. The fourth-order valence-corrected chi connectivity index (χ4v) is 15.9. The fourth-order valence-electron chi connectivity index (χ4n) is 15.9. The molecule has 28 aromatic rings. The molecule has 0 N–H and O–H groups in total. The molecule has 0 aliphatic rings.